The quantitative estimate of drug-likeness (QED) is 0.426. The summed E-state index contributed by atoms with van der Waals surface area (Å²) in [5, 5.41) is 11.3. The topological polar surface area (TPSA) is 88.7 Å². The Labute approximate surface area is 216 Å². The molecule has 1 aliphatic carbocycles. The molecule has 4 aliphatic rings. The summed E-state index contributed by atoms with van der Waals surface area (Å²) in [5.74, 6) is 1.46. The lowest BCUT2D eigenvalue weighted by atomic mass is 9.89. The Morgan fingerprint density at radius 1 is 1.16 bits per heavy atom. The van der Waals surface area contributed by atoms with Gasteiger partial charge in [0.1, 0.15) is 5.56 Å². The van der Waals surface area contributed by atoms with Gasteiger partial charge in [-0.2, -0.15) is 13.2 Å². The van der Waals surface area contributed by atoms with Gasteiger partial charge in [-0.1, -0.05) is 6.07 Å². The molecule has 6 atom stereocenters. The van der Waals surface area contributed by atoms with E-state index in [9.17, 15) is 13.2 Å². The van der Waals surface area contributed by atoms with Gasteiger partial charge in [0, 0.05) is 63.1 Å². The number of likely N-dealkylation sites (tertiary alicyclic amines) is 1. The van der Waals surface area contributed by atoms with Gasteiger partial charge in [-0.25, -0.2) is 0 Å². The molecule has 3 saturated heterocycles. The summed E-state index contributed by atoms with van der Waals surface area (Å²) in [4.78, 5) is 6.51. The zero-order valence-corrected chi connectivity index (χ0v) is 20.9. The smallest absolute Gasteiger partial charge is 0.398 e. The number of benzene rings is 1. The van der Waals surface area contributed by atoms with Gasteiger partial charge >= 0.3 is 6.18 Å². The summed E-state index contributed by atoms with van der Waals surface area (Å²) >= 11 is 0. The molecule has 1 aromatic carbocycles. The normalized spacial score (nSPS) is 31.5. The maximum Gasteiger partial charge on any atom is 0.420 e. The Bertz CT molecular complexity index is 1180. The summed E-state index contributed by atoms with van der Waals surface area (Å²) in [6.45, 7) is 3.14. The lowest BCUT2D eigenvalue weighted by Crippen LogP contribution is -2.34. The maximum absolute atomic E-state index is 14.1. The van der Waals surface area contributed by atoms with Crippen LogP contribution in [0.25, 0.3) is 11.3 Å². The molecule has 37 heavy (non-hydrogen) atoms. The van der Waals surface area contributed by atoms with Crippen molar-refractivity contribution in [3.8, 4) is 11.3 Å². The van der Waals surface area contributed by atoms with Gasteiger partial charge in [-0.3, -0.25) is 4.99 Å². The average Bonchev–Trinajstić information content (AvgIpc) is 3.62. The molecule has 0 amide bonds. The van der Waals surface area contributed by atoms with E-state index in [-0.39, 0.29) is 19.0 Å². The number of hydrogen-bond acceptors (Lipinski definition) is 7. The third-order valence-electron chi connectivity index (χ3n) is 8.64. The van der Waals surface area contributed by atoms with Crippen LogP contribution in [0.5, 0.6) is 0 Å². The van der Waals surface area contributed by atoms with Crippen LogP contribution in [0.2, 0.25) is 0 Å². The van der Waals surface area contributed by atoms with E-state index in [1.54, 1.807) is 31.5 Å². The SMILES string of the molecule is CN=Cc1cc(-c2cc(C(F)(F)F)c(NC3C[C@@H]4CN(C[C@H]5CC6CCC5O6)C[C@@H]4C3)nn2)ccc1N.[HH]. The minimum Gasteiger partial charge on any atom is -0.398 e. The number of aromatic nitrogens is 2. The van der Waals surface area contributed by atoms with E-state index < -0.39 is 11.7 Å². The fraction of sp³-hybridized carbons (Fsp3) is 0.593. The summed E-state index contributed by atoms with van der Waals surface area (Å²) in [6, 6.07) is 5.99. The summed E-state index contributed by atoms with van der Waals surface area (Å²) in [6.07, 6.45) is 3.20. The van der Waals surface area contributed by atoms with Gasteiger partial charge in [0.2, 0.25) is 0 Å². The molecule has 1 aromatic heterocycles. The van der Waals surface area contributed by atoms with Crippen molar-refractivity contribution in [1.82, 2.24) is 15.1 Å². The second-order valence-electron chi connectivity index (χ2n) is 11.1. The van der Waals surface area contributed by atoms with E-state index in [4.69, 9.17) is 10.5 Å². The minimum atomic E-state index is -4.55. The Morgan fingerprint density at radius 2 is 1.95 bits per heavy atom. The number of nitrogens with two attached hydrogens (primary N) is 1. The molecular weight excluding hydrogens is 481 g/mol. The van der Waals surface area contributed by atoms with E-state index in [1.165, 1.54) is 19.3 Å². The molecule has 4 heterocycles. The van der Waals surface area contributed by atoms with Crippen molar-refractivity contribution in [2.24, 2.45) is 22.7 Å². The lowest BCUT2D eigenvalue weighted by molar-refractivity contribution is -0.137. The number of nitrogens with one attached hydrogen (secondary N) is 1. The monoisotopic (exact) mass is 516 g/mol. The van der Waals surface area contributed by atoms with E-state index >= 15 is 0 Å². The first kappa shape index (κ1) is 24.6. The highest BCUT2D eigenvalue weighted by Crippen LogP contribution is 2.44. The zero-order valence-electron chi connectivity index (χ0n) is 20.9. The molecule has 7 nitrogen and oxygen atoms in total. The summed E-state index contributed by atoms with van der Waals surface area (Å²) in [5.41, 5.74) is 6.91. The Hall–Kier alpha value is -2.72. The first-order chi connectivity index (χ1) is 17.8. The van der Waals surface area contributed by atoms with E-state index in [0.29, 0.717) is 46.8 Å². The third kappa shape index (κ3) is 4.93. The van der Waals surface area contributed by atoms with Crippen LogP contribution in [0.4, 0.5) is 24.7 Å². The van der Waals surface area contributed by atoms with Crippen LogP contribution in [0, 0.1) is 17.8 Å². The molecule has 1 saturated carbocycles. The molecule has 10 heteroatoms. The number of nitrogen functional groups attached to an aromatic ring is 1. The van der Waals surface area contributed by atoms with Crippen molar-refractivity contribution < 1.29 is 19.3 Å². The Morgan fingerprint density at radius 3 is 2.59 bits per heavy atom. The van der Waals surface area contributed by atoms with Crippen LogP contribution < -0.4 is 11.1 Å². The van der Waals surface area contributed by atoms with Gasteiger partial charge in [-0.05, 0) is 62.1 Å². The van der Waals surface area contributed by atoms with Crippen LogP contribution in [-0.4, -0.2) is 66.2 Å². The van der Waals surface area contributed by atoms with Crippen LogP contribution in [0.3, 0.4) is 0 Å². The number of alkyl halides is 3. The number of aliphatic imine (C=N–C) groups is 1. The van der Waals surface area contributed by atoms with E-state index in [0.717, 1.165) is 38.5 Å². The molecule has 3 N–H and O–H groups in total. The molecule has 2 aromatic rings. The van der Waals surface area contributed by atoms with Crippen LogP contribution >= 0.6 is 0 Å². The molecule has 200 valence electrons. The minimum absolute atomic E-state index is 0. The first-order valence-electron chi connectivity index (χ1n) is 13.2. The molecule has 4 fully saturated rings. The first-order valence-corrected chi connectivity index (χ1v) is 13.2. The number of fused-ring (bicyclic) bond motifs is 3. The van der Waals surface area contributed by atoms with Gasteiger partial charge in [0.25, 0.3) is 0 Å². The van der Waals surface area contributed by atoms with Crippen molar-refractivity contribution in [2.75, 3.05) is 37.7 Å². The van der Waals surface area contributed by atoms with Gasteiger partial charge in [-0.15, -0.1) is 10.2 Å². The standard InChI is InChI=1S/C27H33F3N6O.H2/c1-32-11-16-6-15(2-4-23(16)31)24-10-22(27(28,29)30)26(35-34-24)33-20-7-17-12-36(13-18(17)8-20)14-19-9-21-3-5-25(19)37-21;/h2,4,6,10-11,17-21,25H,3,5,7-9,12-14,31H2,1H3,(H,33,35);1H/t17-,18+,19-,20?,21?,25?;/m1./s1. The second-order valence-corrected chi connectivity index (χ2v) is 11.1. The van der Waals surface area contributed by atoms with Crippen molar-refractivity contribution in [1.29, 1.82) is 0 Å². The van der Waals surface area contributed by atoms with Crippen molar-refractivity contribution in [3.05, 3.63) is 35.4 Å². The third-order valence-corrected chi connectivity index (χ3v) is 8.64. The molecule has 6 rings (SSSR count). The number of ether oxygens (including phenoxy) is 1. The number of anilines is 2. The highest BCUT2D eigenvalue weighted by molar-refractivity contribution is 5.89. The van der Waals surface area contributed by atoms with Gasteiger partial charge in [0.15, 0.2) is 5.82 Å². The van der Waals surface area contributed by atoms with E-state index in [1.807, 2.05) is 0 Å². The van der Waals surface area contributed by atoms with Crippen molar-refractivity contribution in [3.63, 3.8) is 0 Å². The van der Waals surface area contributed by atoms with E-state index in [2.05, 4.69) is 25.4 Å². The molecule has 3 aliphatic heterocycles. The molecule has 2 bridgehead atoms. The van der Waals surface area contributed by atoms with Crippen LogP contribution in [0.1, 0.15) is 44.7 Å². The maximum atomic E-state index is 14.1. The Kier molecular flexibility index (Phi) is 6.35. The average molecular weight is 517 g/mol. The van der Waals surface area contributed by atoms with Crippen LogP contribution in [-0.2, 0) is 10.9 Å². The number of halogens is 3. The molecule has 0 spiro atoms. The number of hydrogen-bond donors (Lipinski definition) is 2. The highest BCUT2D eigenvalue weighted by Gasteiger charge is 2.46. The summed E-state index contributed by atoms with van der Waals surface area (Å²) in [7, 11) is 1.61. The predicted molar refractivity (Wildman–Crippen MR) is 139 cm³/mol. The predicted octanol–water partition coefficient (Wildman–Crippen LogP) is 4.73. The summed E-state index contributed by atoms with van der Waals surface area (Å²) < 4.78 is 48.2. The largest absolute Gasteiger partial charge is 0.420 e. The molecule has 3 unspecified atom stereocenters. The Balaban J connectivity index is 0.00000294. The molecular formula is C27H35F3N6O. The number of rotatable bonds is 6. The van der Waals surface area contributed by atoms with Gasteiger partial charge in [0.05, 0.1) is 17.9 Å². The zero-order chi connectivity index (χ0) is 25.7. The van der Waals surface area contributed by atoms with Gasteiger partial charge < -0.3 is 20.7 Å². The lowest BCUT2D eigenvalue weighted by Gasteiger charge is -2.26. The fourth-order valence-corrected chi connectivity index (χ4v) is 6.96. The molecule has 0 radical (unpaired) electrons. The second kappa shape index (κ2) is 9.54. The fourth-order valence-electron chi connectivity index (χ4n) is 6.96. The van der Waals surface area contributed by atoms with Crippen LogP contribution in [0.15, 0.2) is 29.3 Å². The van der Waals surface area contributed by atoms with Crippen molar-refractivity contribution in [2.45, 2.75) is 56.5 Å². The number of nitrogens with zero attached hydrogens (tertiary/aromatic N) is 4. The van der Waals surface area contributed by atoms with Crippen molar-refractivity contribution >= 4 is 17.7 Å². The highest BCUT2D eigenvalue weighted by atomic mass is 19.4.